The normalized spacial score (nSPS) is 26.3. The van der Waals surface area contributed by atoms with Crippen molar-refractivity contribution in [3.05, 3.63) is 48.5 Å². The molecule has 1 aromatic carbocycles. The molecular weight excluding hydrogens is 290 g/mol. The monoisotopic (exact) mass is 311 g/mol. The third-order valence-electron chi connectivity index (χ3n) is 4.96. The lowest BCUT2D eigenvalue weighted by atomic mass is 10.0. The predicted octanol–water partition coefficient (Wildman–Crippen LogP) is 2.35. The maximum absolute atomic E-state index is 12.5. The van der Waals surface area contributed by atoms with Gasteiger partial charge in [-0.3, -0.25) is 4.79 Å². The third-order valence-corrected chi connectivity index (χ3v) is 4.96. The minimum atomic E-state index is 0.0560. The number of ether oxygens (including phenoxy) is 1. The molecule has 1 aromatic heterocycles. The van der Waals surface area contributed by atoms with Crippen LogP contribution in [0.2, 0.25) is 0 Å². The summed E-state index contributed by atoms with van der Waals surface area (Å²) >= 11 is 0. The lowest BCUT2D eigenvalue weighted by Crippen LogP contribution is -2.31. The van der Waals surface area contributed by atoms with Crippen molar-refractivity contribution in [1.29, 1.82) is 0 Å². The van der Waals surface area contributed by atoms with E-state index in [1.54, 1.807) is 12.5 Å². The number of likely N-dealkylation sites (tertiary alicyclic amines) is 1. The average molecular weight is 311 g/mol. The van der Waals surface area contributed by atoms with Crippen LogP contribution in [0.3, 0.4) is 0 Å². The first-order valence-corrected chi connectivity index (χ1v) is 8.18. The van der Waals surface area contributed by atoms with Crippen LogP contribution in [0.15, 0.2) is 42.9 Å². The van der Waals surface area contributed by atoms with Gasteiger partial charge in [-0.15, -0.1) is 0 Å². The molecule has 1 aliphatic carbocycles. The number of nitrogens with zero attached hydrogens (tertiary/aromatic N) is 3. The van der Waals surface area contributed by atoms with Gasteiger partial charge in [-0.1, -0.05) is 18.2 Å². The number of hydrogen-bond donors (Lipinski definition) is 0. The van der Waals surface area contributed by atoms with Gasteiger partial charge in [0.1, 0.15) is 11.4 Å². The number of aryl methyl sites for hydroxylation is 1. The van der Waals surface area contributed by atoms with Crippen LogP contribution in [0.25, 0.3) is 0 Å². The van der Waals surface area contributed by atoms with Crippen molar-refractivity contribution in [2.24, 2.45) is 18.9 Å². The number of imidazole rings is 1. The van der Waals surface area contributed by atoms with Gasteiger partial charge in [-0.05, 0) is 36.8 Å². The average Bonchev–Trinajstić information content (AvgIpc) is 3.22. The second-order valence-corrected chi connectivity index (χ2v) is 6.68. The standard InChI is InChI=1S/C18H21N3O2/c1-20-11-17(19-12-20)18(22)21-9-13-7-16(8-14(13)10-21)23-15-5-3-2-4-6-15/h2-6,11-14,16H,7-10H2,1H3/t13-,14+,16?. The van der Waals surface area contributed by atoms with E-state index >= 15 is 0 Å². The Balaban J connectivity index is 1.36. The molecule has 0 bridgehead atoms. The molecule has 5 nitrogen and oxygen atoms in total. The van der Waals surface area contributed by atoms with E-state index in [1.807, 2.05) is 46.8 Å². The van der Waals surface area contributed by atoms with E-state index in [4.69, 9.17) is 4.74 Å². The number of amides is 1. The molecule has 23 heavy (non-hydrogen) atoms. The summed E-state index contributed by atoms with van der Waals surface area (Å²) in [5.41, 5.74) is 0.546. The minimum Gasteiger partial charge on any atom is -0.490 e. The Bertz CT molecular complexity index is 683. The minimum absolute atomic E-state index is 0.0560. The number of rotatable bonds is 3. The highest BCUT2D eigenvalue weighted by Crippen LogP contribution is 2.40. The molecule has 1 saturated heterocycles. The molecule has 2 fully saturated rings. The maximum Gasteiger partial charge on any atom is 0.274 e. The number of benzene rings is 1. The van der Waals surface area contributed by atoms with Gasteiger partial charge in [-0.25, -0.2) is 4.98 Å². The van der Waals surface area contributed by atoms with Gasteiger partial charge in [-0.2, -0.15) is 0 Å². The Kier molecular flexibility index (Phi) is 3.56. The second-order valence-electron chi connectivity index (χ2n) is 6.68. The lowest BCUT2D eigenvalue weighted by molar-refractivity contribution is 0.0764. The van der Waals surface area contributed by atoms with Crippen molar-refractivity contribution in [3.8, 4) is 5.75 Å². The van der Waals surface area contributed by atoms with Crippen molar-refractivity contribution in [2.75, 3.05) is 13.1 Å². The van der Waals surface area contributed by atoms with Crippen LogP contribution in [0.4, 0.5) is 0 Å². The van der Waals surface area contributed by atoms with E-state index in [9.17, 15) is 4.79 Å². The molecule has 2 aromatic rings. The van der Waals surface area contributed by atoms with Crippen LogP contribution in [0.1, 0.15) is 23.3 Å². The van der Waals surface area contributed by atoms with E-state index in [0.717, 1.165) is 31.7 Å². The number of aromatic nitrogens is 2. The van der Waals surface area contributed by atoms with Crippen LogP contribution >= 0.6 is 0 Å². The zero-order valence-electron chi connectivity index (χ0n) is 13.3. The fraction of sp³-hybridized carbons (Fsp3) is 0.444. The molecule has 1 amide bonds. The second kappa shape index (κ2) is 5.72. The first kappa shape index (κ1) is 14.3. The SMILES string of the molecule is Cn1cnc(C(=O)N2C[C@H]3CC(Oc4ccccc4)C[C@H]3C2)c1. The topological polar surface area (TPSA) is 47.4 Å². The van der Waals surface area contributed by atoms with Gasteiger partial charge in [0.15, 0.2) is 0 Å². The van der Waals surface area contributed by atoms with Crippen molar-refractivity contribution >= 4 is 5.91 Å². The Hall–Kier alpha value is -2.30. The number of para-hydroxylation sites is 1. The van der Waals surface area contributed by atoms with Gasteiger partial charge >= 0.3 is 0 Å². The Morgan fingerprint density at radius 2 is 1.87 bits per heavy atom. The summed E-state index contributed by atoms with van der Waals surface area (Å²) in [5, 5.41) is 0. The van der Waals surface area contributed by atoms with E-state index in [2.05, 4.69) is 4.98 Å². The van der Waals surface area contributed by atoms with Crippen molar-refractivity contribution in [3.63, 3.8) is 0 Å². The zero-order valence-corrected chi connectivity index (χ0v) is 13.3. The van der Waals surface area contributed by atoms with E-state index in [1.165, 1.54) is 0 Å². The molecule has 3 atom stereocenters. The molecule has 5 heteroatoms. The summed E-state index contributed by atoms with van der Waals surface area (Å²) in [7, 11) is 1.88. The molecule has 1 unspecified atom stereocenters. The largest absolute Gasteiger partial charge is 0.490 e. The summed E-state index contributed by atoms with van der Waals surface area (Å²) in [6.45, 7) is 1.66. The fourth-order valence-electron chi connectivity index (χ4n) is 3.88. The quantitative estimate of drug-likeness (QED) is 0.874. The molecule has 4 rings (SSSR count). The summed E-state index contributed by atoms with van der Waals surface area (Å²) in [6, 6.07) is 10.0. The van der Waals surface area contributed by atoms with Gasteiger partial charge in [0.05, 0.1) is 12.4 Å². The van der Waals surface area contributed by atoms with Crippen molar-refractivity contribution in [2.45, 2.75) is 18.9 Å². The van der Waals surface area contributed by atoms with Crippen LogP contribution in [-0.4, -0.2) is 39.6 Å². The van der Waals surface area contributed by atoms with E-state index in [-0.39, 0.29) is 12.0 Å². The molecule has 2 heterocycles. The molecular formula is C18H21N3O2. The first-order chi connectivity index (χ1) is 11.2. The highest BCUT2D eigenvalue weighted by Gasteiger charge is 2.43. The lowest BCUT2D eigenvalue weighted by Gasteiger charge is -2.19. The summed E-state index contributed by atoms with van der Waals surface area (Å²) in [5.74, 6) is 2.10. The number of fused-ring (bicyclic) bond motifs is 1. The molecule has 1 aliphatic heterocycles. The molecule has 2 aliphatic rings. The summed E-state index contributed by atoms with van der Waals surface area (Å²) < 4.78 is 7.89. The van der Waals surface area contributed by atoms with Crippen LogP contribution < -0.4 is 4.74 Å². The van der Waals surface area contributed by atoms with Gasteiger partial charge in [0.25, 0.3) is 5.91 Å². The molecule has 120 valence electrons. The Morgan fingerprint density at radius 3 is 2.48 bits per heavy atom. The third kappa shape index (κ3) is 2.83. The van der Waals surface area contributed by atoms with Crippen LogP contribution in [0, 0.1) is 11.8 Å². The fourth-order valence-corrected chi connectivity index (χ4v) is 3.88. The highest BCUT2D eigenvalue weighted by atomic mass is 16.5. The Morgan fingerprint density at radius 1 is 1.17 bits per heavy atom. The smallest absolute Gasteiger partial charge is 0.274 e. The highest BCUT2D eigenvalue weighted by molar-refractivity contribution is 5.92. The molecule has 0 spiro atoms. The number of carbonyl (C=O) groups excluding carboxylic acids is 1. The summed E-state index contributed by atoms with van der Waals surface area (Å²) in [6.07, 6.45) is 5.81. The van der Waals surface area contributed by atoms with Crippen molar-refractivity contribution in [1.82, 2.24) is 14.5 Å². The van der Waals surface area contributed by atoms with Gasteiger partial charge < -0.3 is 14.2 Å². The number of carbonyl (C=O) groups is 1. The van der Waals surface area contributed by atoms with Crippen LogP contribution in [-0.2, 0) is 7.05 Å². The maximum atomic E-state index is 12.5. The van der Waals surface area contributed by atoms with E-state index in [0.29, 0.717) is 17.5 Å². The van der Waals surface area contributed by atoms with Crippen molar-refractivity contribution < 1.29 is 9.53 Å². The van der Waals surface area contributed by atoms with Gasteiger partial charge in [0.2, 0.25) is 0 Å². The zero-order chi connectivity index (χ0) is 15.8. The molecule has 1 saturated carbocycles. The predicted molar refractivity (Wildman–Crippen MR) is 86.2 cm³/mol. The van der Waals surface area contributed by atoms with Gasteiger partial charge in [0, 0.05) is 26.3 Å². The molecule has 0 radical (unpaired) electrons. The molecule has 0 N–H and O–H groups in total. The number of hydrogen-bond acceptors (Lipinski definition) is 3. The Labute approximate surface area is 135 Å². The van der Waals surface area contributed by atoms with E-state index < -0.39 is 0 Å². The first-order valence-electron chi connectivity index (χ1n) is 8.18. The summed E-state index contributed by atoms with van der Waals surface area (Å²) in [4.78, 5) is 18.6. The van der Waals surface area contributed by atoms with Crippen LogP contribution in [0.5, 0.6) is 5.75 Å².